The highest BCUT2D eigenvalue weighted by atomic mass is 16.2. The molecule has 5 heteroatoms. The lowest BCUT2D eigenvalue weighted by Gasteiger charge is -2.60. The molecule has 0 aromatic carbocycles. The third-order valence-corrected chi connectivity index (χ3v) is 5.13. The van der Waals surface area contributed by atoms with Crippen LogP contribution in [0, 0.1) is 22.7 Å². The third-order valence-electron chi connectivity index (χ3n) is 5.13. The lowest BCUT2D eigenvalue weighted by atomic mass is 9.44. The normalized spacial score (nSPS) is 44.7. The minimum atomic E-state index is -0.709. The van der Waals surface area contributed by atoms with Crippen LogP contribution in [0.1, 0.15) is 45.4 Å². The highest BCUT2D eigenvalue weighted by molar-refractivity contribution is 5.85. The largest absolute Gasteiger partial charge is 0.350 e. The van der Waals surface area contributed by atoms with Gasteiger partial charge >= 0.3 is 6.03 Å². The van der Waals surface area contributed by atoms with Crippen molar-refractivity contribution in [1.82, 2.24) is 10.9 Å². The van der Waals surface area contributed by atoms with Gasteiger partial charge in [0.15, 0.2) is 0 Å². The standard InChI is InChI=1S/C13H21N3O2/c1-12-3-8-2-9(4-12)6-13(5-8,7-12)10(17)15-16-11(14)18/h8-9H,2-7H2,1H3,(H,15,17)(H3,14,16,18). The van der Waals surface area contributed by atoms with Gasteiger partial charge in [0.25, 0.3) is 0 Å². The number of carbonyl (C=O) groups is 2. The van der Waals surface area contributed by atoms with E-state index in [1.54, 1.807) is 0 Å². The monoisotopic (exact) mass is 251 g/mol. The van der Waals surface area contributed by atoms with Gasteiger partial charge in [0.2, 0.25) is 5.91 Å². The van der Waals surface area contributed by atoms with E-state index in [4.69, 9.17) is 5.73 Å². The summed E-state index contributed by atoms with van der Waals surface area (Å²) in [5.41, 5.74) is 9.77. The second-order valence-corrected chi connectivity index (χ2v) is 7.00. The van der Waals surface area contributed by atoms with Crippen molar-refractivity contribution >= 4 is 11.9 Å². The van der Waals surface area contributed by atoms with E-state index in [0.717, 1.165) is 19.3 Å². The highest BCUT2D eigenvalue weighted by Crippen LogP contribution is 2.65. The van der Waals surface area contributed by atoms with Crippen molar-refractivity contribution < 1.29 is 9.59 Å². The van der Waals surface area contributed by atoms with Crippen LogP contribution in [0.25, 0.3) is 0 Å². The topological polar surface area (TPSA) is 84.2 Å². The first-order chi connectivity index (χ1) is 8.41. The number of rotatable bonds is 1. The molecule has 4 bridgehead atoms. The fourth-order valence-corrected chi connectivity index (χ4v) is 5.24. The van der Waals surface area contributed by atoms with E-state index in [2.05, 4.69) is 17.8 Å². The average molecular weight is 251 g/mol. The van der Waals surface area contributed by atoms with Crippen LogP contribution in [-0.2, 0) is 4.79 Å². The van der Waals surface area contributed by atoms with Crippen LogP contribution in [0.2, 0.25) is 0 Å². The predicted octanol–water partition coefficient (Wildman–Crippen LogP) is 1.29. The summed E-state index contributed by atoms with van der Waals surface area (Å²) in [6.45, 7) is 2.31. The molecule has 0 aliphatic heterocycles. The van der Waals surface area contributed by atoms with Crippen molar-refractivity contribution in [3.8, 4) is 0 Å². The Morgan fingerprint density at radius 2 is 1.72 bits per heavy atom. The molecule has 2 unspecified atom stereocenters. The average Bonchev–Trinajstić information content (AvgIpc) is 2.22. The summed E-state index contributed by atoms with van der Waals surface area (Å²) in [7, 11) is 0. The molecule has 4 fully saturated rings. The second-order valence-electron chi connectivity index (χ2n) is 7.00. The first kappa shape index (κ1) is 11.8. The van der Waals surface area contributed by atoms with E-state index < -0.39 is 6.03 Å². The Labute approximate surface area is 107 Å². The fraction of sp³-hybridized carbons (Fsp3) is 0.846. The van der Waals surface area contributed by atoms with Gasteiger partial charge in [-0.25, -0.2) is 10.2 Å². The van der Waals surface area contributed by atoms with Gasteiger partial charge in [-0.05, 0) is 55.8 Å². The summed E-state index contributed by atoms with van der Waals surface area (Å²) >= 11 is 0. The summed E-state index contributed by atoms with van der Waals surface area (Å²) in [6, 6.07) is -0.709. The number of primary amides is 1. The molecule has 2 atom stereocenters. The molecule has 5 nitrogen and oxygen atoms in total. The molecule has 3 amide bonds. The molecule has 100 valence electrons. The van der Waals surface area contributed by atoms with Crippen LogP contribution < -0.4 is 16.6 Å². The molecular weight excluding hydrogens is 230 g/mol. The molecule has 4 aliphatic carbocycles. The lowest BCUT2D eigenvalue weighted by molar-refractivity contribution is -0.156. The van der Waals surface area contributed by atoms with Crippen molar-refractivity contribution in [2.45, 2.75) is 45.4 Å². The number of amides is 3. The van der Waals surface area contributed by atoms with Crippen molar-refractivity contribution in [3.05, 3.63) is 0 Å². The first-order valence-electron chi connectivity index (χ1n) is 6.77. The van der Waals surface area contributed by atoms with Crippen LogP contribution in [0.3, 0.4) is 0 Å². The van der Waals surface area contributed by atoms with Crippen molar-refractivity contribution in [3.63, 3.8) is 0 Å². The van der Waals surface area contributed by atoms with Crippen LogP contribution in [0.5, 0.6) is 0 Å². The summed E-state index contributed by atoms with van der Waals surface area (Å²) in [5.74, 6) is 1.34. The molecule has 18 heavy (non-hydrogen) atoms. The van der Waals surface area contributed by atoms with Gasteiger partial charge in [0.05, 0.1) is 5.41 Å². The van der Waals surface area contributed by atoms with Gasteiger partial charge in [-0.3, -0.25) is 10.2 Å². The molecule has 0 saturated heterocycles. The molecule has 0 radical (unpaired) electrons. The smallest absolute Gasteiger partial charge is 0.330 e. The Morgan fingerprint density at radius 1 is 1.11 bits per heavy atom. The number of hydrazine groups is 1. The Morgan fingerprint density at radius 3 is 2.22 bits per heavy atom. The number of nitrogens with two attached hydrogens (primary N) is 1. The van der Waals surface area contributed by atoms with Crippen LogP contribution in [0.15, 0.2) is 0 Å². The van der Waals surface area contributed by atoms with Crippen molar-refractivity contribution in [2.24, 2.45) is 28.4 Å². The zero-order valence-corrected chi connectivity index (χ0v) is 10.8. The number of nitrogens with one attached hydrogen (secondary N) is 2. The molecular formula is C13H21N3O2. The maximum atomic E-state index is 12.4. The van der Waals surface area contributed by atoms with Gasteiger partial charge in [0, 0.05) is 0 Å². The number of hydrogen-bond acceptors (Lipinski definition) is 2. The fourth-order valence-electron chi connectivity index (χ4n) is 5.24. The summed E-state index contributed by atoms with van der Waals surface area (Å²) < 4.78 is 0. The SMILES string of the molecule is CC12CC3CC(C1)CC(C(=O)NNC(N)=O)(C3)C2. The molecule has 0 aromatic heterocycles. The van der Waals surface area contributed by atoms with E-state index in [-0.39, 0.29) is 11.3 Å². The zero-order valence-electron chi connectivity index (χ0n) is 10.8. The number of hydrogen-bond donors (Lipinski definition) is 3. The molecule has 0 spiro atoms. The van der Waals surface area contributed by atoms with Gasteiger partial charge < -0.3 is 5.73 Å². The minimum Gasteiger partial charge on any atom is -0.350 e. The van der Waals surface area contributed by atoms with E-state index in [0.29, 0.717) is 17.3 Å². The van der Waals surface area contributed by atoms with E-state index in [1.165, 1.54) is 19.3 Å². The molecule has 0 aromatic rings. The Bertz CT molecular complexity index is 393. The molecule has 0 heterocycles. The van der Waals surface area contributed by atoms with Gasteiger partial charge in [-0.1, -0.05) is 6.92 Å². The molecule has 4 rings (SSSR count). The second kappa shape index (κ2) is 3.62. The summed E-state index contributed by atoms with van der Waals surface area (Å²) in [6.07, 6.45) is 6.73. The van der Waals surface area contributed by atoms with Crippen molar-refractivity contribution in [2.75, 3.05) is 0 Å². The summed E-state index contributed by atoms with van der Waals surface area (Å²) in [5, 5.41) is 0. The Balaban J connectivity index is 1.78. The van der Waals surface area contributed by atoms with Gasteiger partial charge in [-0.2, -0.15) is 0 Å². The van der Waals surface area contributed by atoms with Crippen LogP contribution in [0.4, 0.5) is 4.79 Å². The highest BCUT2D eigenvalue weighted by Gasteiger charge is 2.58. The lowest BCUT2D eigenvalue weighted by Crippen LogP contribution is -2.59. The van der Waals surface area contributed by atoms with Crippen LogP contribution in [-0.4, -0.2) is 11.9 Å². The predicted molar refractivity (Wildman–Crippen MR) is 66.1 cm³/mol. The van der Waals surface area contributed by atoms with E-state index in [9.17, 15) is 9.59 Å². The zero-order chi connectivity index (χ0) is 13.0. The third kappa shape index (κ3) is 1.76. The molecule has 4 N–H and O–H groups in total. The minimum absolute atomic E-state index is 0.0402. The molecule has 4 aliphatic rings. The van der Waals surface area contributed by atoms with Gasteiger partial charge in [-0.15, -0.1) is 0 Å². The van der Waals surface area contributed by atoms with Crippen molar-refractivity contribution in [1.29, 1.82) is 0 Å². The van der Waals surface area contributed by atoms with Gasteiger partial charge in [0.1, 0.15) is 0 Å². The molecule has 4 saturated carbocycles. The van der Waals surface area contributed by atoms with E-state index >= 15 is 0 Å². The summed E-state index contributed by atoms with van der Waals surface area (Å²) in [4.78, 5) is 23.1. The number of carbonyl (C=O) groups excluding carboxylic acids is 2. The Kier molecular flexibility index (Phi) is 2.37. The quantitative estimate of drug-likeness (QED) is 0.613. The van der Waals surface area contributed by atoms with Crippen LogP contribution >= 0.6 is 0 Å². The Hall–Kier alpha value is -1.26. The maximum Gasteiger partial charge on any atom is 0.330 e. The number of urea groups is 1. The first-order valence-corrected chi connectivity index (χ1v) is 6.77. The van der Waals surface area contributed by atoms with E-state index in [1.807, 2.05) is 0 Å². The maximum absolute atomic E-state index is 12.4.